The van der Waals surface area contributed by atoms with Gasteiger partial charge in [-0.3, -0.25) is 4.79 Å². The van der Waals surface area contributed by atoms with E-state index in [2.05, 4.69) is 9.46 Å². The van der Waals surface area contributed by atoms with Gasteiger partial charge in [-0.05, 0) is 18.2 Å². The van der Waals surface area contributed by atoms with Gasteiger partial charge in [-0.15, -0.1) is 0 Å². The minimum Gasteiger partial charge on any atom is -0.481 e. The van der Waals surface area contributed by atoms with Crippen LogP contribution in [0.25, 0.3) is 0 Å². The number of hydrogen-bond donors (Lipinski definition) is 2. The Morgan fingerprint density at radius 1 is 1.40 bits per heavy atom. The van der Waals surface area contributed by atoms with Crippen LogP contribution in [0.1, 0.15) is 16.8 Å². The van der Waals surface area contributed by atoms with Crippen molar-refractivity contribution >= 4 is 33.6 Å². The summed E-state index contributed by atoms with van der Waals surface area (Å²) >= 11 is 5.81. The number of methoxy groups -OCH3 is 1. The highest BCUT2D eigenvalue weighted by Gasteiger charge is 2.18. The predicted molar refractivity (Wildman–Crippen MR) is 70.2 cm³/mol. The van der Waals surface area contributed by atoms with E-state index in [9.17, 15) is 18.0 Å². The number of halogens is 1. The average Bonchev–Trinajstić information content (AvgIpc) is 2.37. The summed E-state index contributed by atoms with van der Waals surface area (Å²) in [6, 6.07) is 3.50. The van der Waals surface area contributed by atoms with Crippen molar-refractivity contribution in [3.63, 3.8) is 0 Å². The predicted octanol–water partition coefficient (Wildman–Crippen LogP) is 0.880. The molecule has 0 aliphatic carbocycles. The van der Waals surface area contributed by atoms with Crippen molar-refractivity contribution in [1.29, 1.82) is 0 Å². The zero-order valence-corrected chi connectivity index (χ0v) is 12.0. The molecular formula is C11H12ClNO6S. The zero-order valence-electron chi connectivity index (χ0n) is 10.4. The maximum atomic E-state index is 11.8. The fraction of sp³-hybridized carbons (Fsp3) is 0.273. The van der Waals surface area contributed by atoms with E-state index < -0.39 is 22.0 Å². The summed E-state index contributed by atoms with van der Waals surface area (Å²) in [7, 11) is -2.70. The standard InChI is InChI=1S/C11H12ClNO6S/c1-19-11(16)8-3-2-7(6-9(8)12)20(17,18)13-5-4-10(14)15/h2-3,6,13H,4-5H2,1H3,(H,14,15). The van der Waals surface area contributed by atoms with Crippen LogP contribution in [0.3, 0.4) is 0 Å². The number of rotatable bonds is 6. The third-order valence-electron chi connectivity index (χ3n) is 2.29. The molecule has 0 amide bonds. The van der Waals surface area contributed by atoms with Crippen molar-refractivity contribution in [2.24, 2.45) is 0 Å². The number of esters is 1. The summed E-state index contributed by atoms with van der Waals surface area (Å²) in [5.74, 6) is -1.80. The topological polar surface area (TPSA) is 110 Å². The molecule has 0 saturated heterocycles. The van der Waals surface area contributed by atoms with Crippen LogP contribution < -0.4 is 4.72 Å². The van der Waals surface area contributed by atoms with E-state index in [1.54, 1.807) is 0 Å². The van der Waals surface area contributed by atoms with Crippen LogP contribution in [-0.4, -0.2) is 39.1 Å². The van der Waals surface area contributed by atoms with Gasteiger partial charge in [-0.2, -0.15) is 0 Å². The highest BCUT2D eigenvalue weighted by molar-refractivity contribution is 7.89. The van der Waals surface area contributed by atoms with Gasteiger partial charge < -0.3 is 9.84 Å². The Morgan fingerprint density at radius 2 is 2.05 bits per heavy atom. The van der Waals surface area contributed by atoms with Gasteiger partial charge in [0.25, 0.3) is 0 Å². The average molecular weight is 322 g/mol. The molecule has 0 aliphatic heterocycles. The van der Waals surface area contributed by atoms with Crippen LogP contribution in [0.15, 0.2) is 23.1 Å². The first kappa shape index (κ1) is 16.4. The molecule has 0 aromatic heterocycles. The van der Waals surface area contributed by atoms with E-state index in [4.69, 9.17) is 16.7 Å². The van der Waals surface area contributed by atoms with Crippen molar-refractivity contribution < 1.29 is 27.9 Å². The molecule has 0 radical (unpaired) electrons. The Hall–Kier alpha value is -1.64. The number of ether oxygens (including phenoxy) is 1. The fourth-order valence-corrected chi connectivity index (χ4v) is 2.69. The van der Waals surface area contributed by atoms with Gasteiger partial charge in [0.15, 0.2) is 0 Å². The molecule has 0 aliphatic rings. The van der Waals surface area contributed by atoms with Crippen molar-refractivity contribution in [3.8, 4) is 0 Å². The molecule has 0 unspecified atom stereocenters. The molecular weight excluding hydrogens is 310 g/mol. The first-order valence-electron chi connectivity index (χ1n) is 5.37. The minimum atomic E-state index is -3.88. The molecule has 0 bridgehead atoms. The van der Waals surface area contributed by atoms with Gasteiger partial charge in [-0.25, -0.2) is 17.9 Å². The lowest BCUT2D eigenvalue weighted by molar-refractivity contribution is -0.136. The number of carbonyl (C=O) groups is 2. The number of nitrogens with one attached hydrogen (secondary N) is 1. The van der Waals surface area contributed by atoms with Crippen LogP contribution >= 0.6 is 11.6 Å². The maximum absolute atomic E-state index is 11.8. The van der Waals surface area contributed by atoms with Crippen molar-refractivity contribution in [1.82, 2.24) is 4.72 Å². The van der Waals surface area contributed by atoms with Gasteiger partial charge in [0.05, 0.1) is 29.0 Å². The van der Waals surface area contributed by atoms with E-state index in [1.807, 2.05) is 0 Å². The van der Waals surface area contributed by atoms with Crippen LogP contribution in [0.4, 0.5) is 0 Å². The molecule has 0 fully saturated rings. The molecule has 0 heterocycles. The first-order valence-corrected chi connectivity index (χ1v) is 7.23. The summed E-state index contributed by atoms with van der Waals surface area (Å²) in [6.45, 7) is -0.242. The summed E-state index contributed by atoms with van der Waals surface area (Å²) in [5.41, 5.74) is 0.0404. The summed E-state index contributed by atoms with van der Waals surface area (Å²) in [4.78, 5) is 21.5. The molecule has 9 heteroatoms. The maximum Gasteiger partial charge on any atom is 0.339 e. The second-order valence-corrected chi connectivity index (χ2v) is 5.85. The first-order chi connectivity index (χ1) is 9.27. The SMILES string of the molecule is COC(=O)c1ccc(S(=O)(=O)NCCC(=O)O)cc1Cl. The molecule has 20 heavy (non-hydrogen) atoms. The normalized spacial score (nSPS) is 11.1. The van der Waals surface area contributed by atoms with Gasteiger partial charge in [-0.1, -0.05) is 11.6 Å². The third-order valence-corrected chi connectivity index (χ3v) is 4.06. The van der Waals surface area contributed by atoms with Gasteiger partial charge in [0.1, 0.15) is 0 Å². The van der Waals surface area contributed by atoms with Crippen molar-refractivity contribution in [2.75, 3.05) is 13.7 Å². The highest BCUT2D eigenvalue weighted by Crippen LogP contribution is 2.21. The Morgan fingerprint density at radius 3 is 2.55 bits per heavy atom. The van der Waals surface area contributed by atoms with Gasteiger partial charge >= 0.3 is 11.9 Å². The van der Waals surface area contributed by atoms with E-state index in [-0.39, 0.29) is 28.4 Å². The highest BCUT2D eigenvalue weighted by atomic mass is 35.5. The van der Waals surface area contributed by atoms with E-state index in [0.29, 0.717) is 0 Å². The van der Waals surface area contributed by atoms with Crippen molar-refractivity contribution in [3.05, 3.63) is 28.8 Å². The Kier molecular flexibility index (Phi) is 5.49. The van der Waals surface area contributed by atoms with Crippen molar-refractivity contribution in [2.45, 2.75) is 11.3 Å². The quantitative estimate of drug-likeness (QED) is 0.753. The summed E-state index contributed by atoms with van der Waals surface area (Å²) < 4.78 is 30.3. The van der Waals surface area contributed by atoms with Crippen LogP contribution in [-0.2, 0) is 19.6 Å². The lowest BCUT2D eigenvalue weighted by Crippen LogP contribution is -2.26. The van der Waals surface area contributed by atoms with E-state index >= 15 is 0 Å². The lowest BCUT2D eigenvalue weighted by atomic mass is 10.2. The molecule has 7 nitrogen and oxygen atoms in total. The molecule has 2 N–H and O–H groups in total. The van der Waals surface area contributed by atoms with Crippen LogP contribution in [0.2, 0.25) is 5.02 Å². The number of sulfonamides is 1. The third kappa shape index (κ3) is 4.19. The monoisotopic (exact) mass is 321 g/mol. The number of benzene rings is 1. The Balaban J connectivity index is 2.94. The Labute approximate surface area is 120 Å². The smallest absolute Gasteiger partial charge is 0.339 e. The number of aliphatic carboxylic acids is 1. The second-order valence-electron chi connectivity index (χ2n) is 3.67. The number of carboxylic acid groups (broad SMARTS) is 1. The van der Waals surface area contributed by atoms with Crippen LogP contribution in [0.5, 0.6) is 0 Å². The van der Waals surface area contributed by atoms with Crippen LogP contribution in [0, 0.1) is 0 Å². The largest absolute Gasteiger partial charge is 0.481 e. The lowest BCUT2D eigenvalue weighted by Gasteiger charge is -2.08. The molecule has 0 atom stereocenters. The molecule has 0 saturated carbocycles. The minimum absolute atomic E-state index is 0.0404. The number of carbonyl (C=O) groups excluding carboxylic acids is 1. The zero-order chi connectivity index (χ0) is 15.3. The summed E-state index contributed by atoms with van der Waals surface area (Å²) in [6.07, 6.45) is -0.340. The molecule has 110 valence electrons. The molecule has 0 spiro atoms. The molecule has 1 aromatic rings. The van der Waals surface area contributed by atoms with Gasteiger partial charge in [0, 0.05) is 6.54 Å². The Bertz CT molecular complexity index is 628. The van der Waals surface area contributed by atoms with E-state index in [0.717, 1.165) is 6.07 Å². The fourth-order valence-electron chi connectivity index (χ4n) is 1.31. The number of hydrogen-bond acceptors (Lipinski definition) is 5. The second kappa shape index (κ2) is 6.69. The molecule has 1 aromatic carbocycles. The summed E-state index contributed by atoms with van der Waals surface area (Å²) in [5, 5.41) is 8.37. The molecule has 1 rings (SSSR count). The van der Waals surface area contributed by atoms with E-state index in [1.165, 1.54) is 19.2 Å². The van der Waals surface area contributed by atoms with Gasteiger partial charge in [0.2, 0.25) is 10.0 Å². The number of carboxylic acids is 1.